The van der Waals surface area contributed by atoms with Crippen LogP contribution < -0.4 is 5.32 Å². The Labute approximate surface area is 163 Å². The second-order valence-corrected chi connectivity index (χ2v) is 6.80. The summed E-state index contributed by atoms with van der Waals surface area (Å²) in [6.45, 7) is 2.15. The minimum absolute atomic E-state index is 0.124. The summed E-state index contributed by atoms with van der Waals surface area (Å²) in [5, 5.41) is 13.4. The lowest BCUT2D eigenvalue weighted by atomic mass is 10.1. The zero-order valence-electron chi connectivity index (χ0n) is 15.0. The molecule has 0 spiro atoms. The van der Waals surface area contributed by atoms with Crippen molar-refractivity contribution in [1.82, 2.24) is 10.3 Å². The largest absolute Gasteiger partial charge is 0.441 e. The van der Waals surface area contributed by atoms with Gasteiger partial charge in [-0.25, -0.2) is 4.98 Å². The number of aliphatic hydroxyl groups excluding tert-OH is 1. The Hall–Kier alpha value is -2.63. The molecule has 3 rings (SSSR count). The molecular formula is C21H21ClN2O3. The van der Waals surface area contributed by atoms with E-state index in [9.17, 15) is 9.90 Å². The van der Waals surface area contributed by atoms with Crippen molar-refractivity contribution in [1.29, 1.82) is 0 Å². The zero-order valence-corrected chi connectivity index (χ0v) is 15.7. The molecule has 1 heterocycles. The third-order valence-corrected chi connectivity index (χ3v) is 4.42. The van der Waals surface area contributed by atoms with E-state index in [1.165, 1.54) is 5.56 Å². The highest BCUT2D eigenvalue weighted by molar-refractivity contribution is 6.30. The normalized spacial score (nSPS) is 12.0. The molecule has 2 aromatic carbocycles. The van der Waals surface area contributed by atoms with E-state index < -0.39 is 6.10 Å². The lowest BCUT2D eigenvalue weighted by Gasteiger charge is -2.12. The number of carbonyl (C=O) groups excluding carboxylic acids is 1. The van der Waals surface area contributed by atoms with Gasteiger partial charge in [-0.05, 0) is 24.6 Å². The molecule has 140 valence electrons. The van der Waals surface area contributed by atoms with Crippen LogP contribution in [0.25, 0.3) is 11.3 Å². The molecule has 3 aromatic rings. The predicted octanol–water partition coefficient (Wildman–Crippen LogP) is 4.09. The molecule has 0 aliphatic rings. The van der Waals surface area contributed by atoms with Crippen LogP contribution in [0.5, 0.6) is 0 Å². The van der Waals surface area contributed by atoms with Gasteiger partial charge in [0.2, 0.25) is 5.91 Å². The van der Waals surface area contributed by atoms with E-state index in [1.54, 1.807) is 30.5 Å². The van der Waals surface area contributed by atoms with Crippen LogP contribution in [0.2, 0.25) is 5.02 Å². The molecule has 0 saturated heterocycles. The van der Waals surface area contributed by atoms with Gasteiger partial charge in [0.15, 0.2) is 11.7 Å². The molecule has 1 amide bonds. The molecule has 1 aromatic heterocycles. The number of aliphatic hydroxyl groups is 1. The highest BCUT2D eigenvalue weighted by atomic mass is 35.5. The highest BCUT2D eigenvalue weighted by Crippen LogP contribution is 2.21. The second-order valence-electron chi connectivity index (χ2n) is 6.36. The van der Waals surface area contributed by atoms with Crippen LogP contribution in [0, 0.1) is 6.92 Å². The van der Waals surface area contributed by atoms with Gasteiger partial charge >= 0.3 is 0 Å². The number of nitrogens with zero attached hydrogens (tertiary/aromatic N) is 1. The predicted molar refractivity (Wildman–Crippen MR) is 104 cm³/mol. The topological polar surface area (TPSA) is 75.4 Å². The Morgan fingerprint density at radius 3 is 2.78 bits per heavy atom. The number of hydrogen-bond acceptors (Lipinski definition) is 4. The fourth-order valence-electron chi connectivity index (χ4n) is 2.63. The maximum absolute atomic E-state index is 12.0. The maximum atomic E-state index is 12.0. The number of carbonyl (C=O) groups is 1. The first-order chi connectivity index (χ1) is 13.0. The molecule has 27 heavy (non-hydrogen) atoms. The van der Waals surface area contributed by atoms with Crippen LogP contribution in [0.1, 0.15) is 29.5 Å². The smallest absolute Gasteiger partial charge is 0.220 e. The quantitative estimate of drug-likeness (QED) is 0.643. The summed E-state index contributed by atoms with van der Waals surface area (Å²) in [5.74, 6) is 1.02. The minimum atomic E-state index is -0.803. The number of amides is 1. The average Bonchev–Trinajstić information content (AvgIpc) is 3.14. The third kappa shape index (κ3) is 5.42. The molecule has 6 heteroatoms. The maximum Gasteiger partial charge on any atom is 0.220 e. The summed E-state index contributed by atoms with van der Waals surface area (Å²) in [5.41, 5.74) is 2.79. The van der Waals surface area contributed by atoms with Gasteiger partial charge in [0.1, 0.15) is 0 Å². The van der Waals surface area contributed by atoms with E-state index in [-0.39, 0.29) is 18.9 Å². The molecule has 0 unspecified atom stereocenters. The van der Waals surface area contributed by atoms with E-state index in [0.29, 0.717) is 28.7 Å². The molecular weight excluding hydrogens is 364 g/mol. The summed E-state index contributed by atoms with van der Waals surface area (Å²) < 4.78 is 5.71. The number of halogens is 1. The lowest BCUT2D eigenvalue weighted by molar-refractivity contribution is -0.121. The number of aryl methyl sites for hydroxylation is 2. The van der Waals surface area contributed by atoms with E-state index >= 15 is 0 Å². The summed E-state index contributed by atoms with van der Waals surface area (Å²) in [6.07, 6.45) is 1.49. The summed E-state index contributed by atoms with van der Waals surface area (Å²) in [4.78, 5) is 16.2. The van der Waals surface area contributed by atoms with Crippen LogP contribution in [-0.2, 0) is 11.2 Å². The highest BCUT2D eigenvalue weighted by Gasteiger charge is 2.12. The summed E-state index contributed by atoms with van der Waals surface area (Å²) in [6, 6.07) is 14.9. The van der Waals surface area contributed by atoms with Crippen LogP contribution in [0.4, 0.5) is 0 Å². The zero-order chi connectivity index (χ0) is 19.2. The van der Waals surface area contributed by atoms with E-state index in [1.807, 2.05) is 31.2 Å². The number of nitrogens with one attached hydrogen (secondary N) is 1. The Kier molecular flexibility index (Phi) is 6.27. The fraction of sp³-hybridized carbons (Fsp3) is 0.238. The fourth-order valence-corrected chi connectivity index (χ4v) is 2.83. The minimum Gasteiger partial charge on any atom is -0.441 e. The second kappa shape index (κ2) is 8.84. The molecule has 5 nitrogen and oxygen atoms in total. The SMILES string of the molecule is Cc1ccc(-c2cnc(CCC(=O)NC[C@H](O)c3cccc(Cl)c3)o2)cc1. The van der Waals surface area contributed by atoms with Crippen molar-refractivity contribution in [2.75, 3.05) is 6.54 Å². The van der Waals surface area contributed by atoms with Crippen molar-refractivity contribution in [2.45, 2.75) is 25.9 Å². The van der Waals surface area contributed by atoms with Gasteiger partial charge in [0.05, 0.1) is 12.3 Å². The Morgan fingerprint density at radius 2 is 2.04 bits per heavy atom. The molecule has 0 saturated carbocycles. The van der Waals surface area contributed by atoms with Crippen molar-refractivity contribution >= 4 is 17.5 Å². The monoisotopic (exact) mass is 384 g/mol. The molecule has 2 N–H and O–H groups in total. The van der Waals surface area contributed by atoms with Crippen LogP contribution in [0.3, 0.4) is 0 Å². The Balaban J connectivity index is 1.47. The standard InChI is InChI=1S/C21H21ClN2O3/c1-14-5-7-15(8-6-14)19-13-24-21(27-19)10-9-20(26)23-12-18(25)16-3-2-4-17(22)11-16/h2-8,11,13,18,25H,9-10,12H2,1H3,(H,23,26)/t18-/m0/s1. The molecule has 0 radical (unpaired) electrons. The number of aromatic nitrogens is 1. The van der Waals surface area contributed by atoms with Gasteiger partial charge in [0.25, 0.3) is 0 Å². The molecule has 0 fully saturated rings. The van der Waals surface area contributed by atoms with Gasteiger partial charge in [-0.1, -0.05) is 53.6 Å². The van der Waals surface area contributed by atoms with Crippen molar-refractivity contribution in [3.63, 3.8) is 0 Å². The number of benzene rings is 2. The average molecular weight is 385 g/mol. The molecule has 0 aliphatic heterocycles. The lowest BCUT2D eigenvalue weighted by Crippen LogP contribution is -2.28. The van der Waals surface area contributed by atoms with Crippen LogP contribution in [-0.4, -0.2) is 22.5 Å². The first kappa shape index (κ1) is 19.1. The van der Waals surface area contributed by atoms with Crippen molar-refractivity contribution in [3.8, 4) is 11.3 Å². The Bertz CT molecular complexity index is 906. The van der Waals surface area contributed by atoms with Gasteiger partial charge in [0, 0.05) is 30.0 Å². The van der Waals surface area contributed by atoms with Gasteiger partial charge in [-0.3, -0.25) is 4.79 Å². The van der Waals surface area contributed by atoms with Crippen LogP contribution in [0.15, 0.2) is 59.1 Å². The van der Waals surface area contributed by atoms with Gasteiger partial charge in [-0.2, -0.15) is 0 Å². The first-order valence-corrected chi connectivity index (χ1v) is 9.11. The number of rotatable bonds is 7. The third-order valence-electron chi connectivity index (χ3n) is 4.18. The van der Waals surface area contributed by atoms with Crippen molar-refractivity contribution < 1.29 is 14.3 Å². The first-order valence-electron chi connectivity index (χ1n) is 8.73. The van der Waals surface area contributed by atoms with Gasteiger partial charge in [-0.15, -0.1) is 0 Å². The number of oxazole rings is 1. The molecule has 0 bridgehead atoms. The molecule has 1 atom stereocenters. The summed E-state index contributed by atoms with van der Waals surface area (Å²) in [7, 11) is 0. The van der Waals surface area contributed by atoms with Crippen molar-refractivity contribution in [2.24, 2.45) is 0 Å². The summed E-state index contributed by atoms with van der Waals surface area (Å²) >= 11 is 5.91. The Morgan fingerprint density at radius 1 is 1.26 bits per heavy atom. The van der Waals surface area contributed by atoms with E-state index in [0.717, 1.165) is 5.56 Å². The molecule has 0 aliphatic carbocycles. The van der Waals surface area contributed by atoms with Gasteiger partial charge < -0.3 is 14.8 Å². The van der Waals surface area contributed by atoms with Crippen molar-refractivity contribution in [3.05, 3.63) is 76.8 Å². The number of hydrogen-bond donors (Lipinski definition) is 2. The van der Waals surface area contributed by atoms with E-state index in [4.69, 9.17) is 16.0 Å². The van der Waals surface area contributed by atoms with Crippen LogP contribution >= 0.6 is 11.6 Å². The van der Waals surface area contributed by atoms with E-state index in [2.05, 4.69) is 10.3 Å².